The van der Waals surface area contributed by atoms with Crippen molar-refractivity contribution in [2.75, 3.05) is 13.7 Å². The zero-order chi connectivity index (χ0) is 15.6. The zero-order valence-electron chi connectivity index (χ0n) is 11.5. The monoisotopic (exact) mass is 299 g/mol. The van der Waals surface area contributed by atoms with Gasteiger partial charge in [0.15, 0.2) is 11.5 Å². The van der Waals surface area contributed by atoms with Gasteiger partial charge in [-0.15, -0.1) is 0 Å². The molecule has 1 aliphatic rings. The summed E-state index contributed by atoms with van der Waals surface area (Å²) in [5.74, 6) is 0.675. The van der Waals surface area contributed by atoms with Crippen LogP contribution in [0, 0.1) is 6.92 Å². The number of hydrogen-bond donors (Lipinski definition) is 4. The van der Waals surface area contributed by atoms with E-state index in [4.69, 9.17) is 19.3 Å². The van der Waals surface area contributed by atoms with Gasteiger partial charge in [0.2, 0.25) is 6.29 Å². The Labute approximate surface area is 122 Å². The minimum atomic E-state index is -1.49. The van der Waals surface area contributed by atoms with Crippen LogP contribution in [0.5, 0.6) is 11.5 Å². The van der Waals surface area contributed by atoms with Crippen LogP contribution in [0.1, 0.15) is 5.56 Å². The third kappa shape index (κ3) is 3.28. The molecule has 5 atom stereocenters. The van der Waals surface area contributed by atoms with E-state index < -0.39 is 37.3 Å². The number of benzene rings is 1. The lowest BCUT2D eigenvalue weighted by Gasteiger charge is -2.39. The van der Waals surface area contributed by atoms with Crippen LogP contribution >= 0.6 is 0 Å². The van der Waals surface area contributed by atoms with Crippen LogP contribution in [0.4, 0.5) is 0 Å². The third-order valence-electron chi connectivity index (χ3n) is 3.32. The number of hydrogen-bond acceptors (Lipinski definition) is 7. The molecule has 4 N–H and O–H groups in total. The minimum absolute atomic E-state index is 0.286. The molecule has 1 heterocycles. The number of aliphatic hydroxyl groups excluding tert-OH is 4. The normalized spacial score (nSPS) is 32.8. The Balaban J connectivity index is 2.18. The van der Waals surface area contributed by atoms with Crippen molar-refractivity contribution in [3.8, 4) is 11.5 Å². The summed E-state index contributed by atoms with van der Waals surface area (Å²) in [5, 5.41) is 38.4. The van der Waals surface area contributed by atoms with Crippen molar-refractivity contribution in [1.82, 2.24) is 0 Å². The third-order valence-corrected chi connectivity index (χ3v) is 3.32. The van der Waals surface area contributed by atoms with Crippen LogP contribution < -0.4 is 9.47 Å². The van der Waals surface area contributed by atoms with E-state index in [1.165, 1.54) is 7.11 Å². The van der Waals surface area contributed by atoms with E-state index >= 15 is 0 Å². The molecule has 1 saturated heterocycles. The fourth-order valence-electron chi connectivity index (χ4n) is 2.10. The molecule has 1 aromatic carbocycles. The summed E-state index contributed by atoms with van der Waals surface area (Å²) in [6.45, 7) is 3.24. The summed E-state index contributed by atoms with van der Waals surface area (Å²) < 4.78 is 15.9. The predicted molar refractivity (Wildman–Crippen MR) is 71.8 cm³/mol. The average Bonchev–Trinajstić information content (AvgIpc) is 2.49. The van der Waals surface area contributed by atoms with Gasteiger partial charge in [-0.25, -0.2) is 0 Å². The van der Waals surface area contributed by atoms with Crippen LogP contribution in [-0.4, -0.2) is 64.8 Å². The smallest absolute Gasteiger partial charge is 0.229 e. The second kappa shape index (κ2) is 6.59. The van der Waals surface area contributed by atoms with Crippen LogP contribution in [-0.2, 0) is 4.74 Å². The summed E-state index contributed by atoms with van der Waals surface area (Å²) in [6, 6.07) is 4.91. The zero-order valence-corrected chi connectivity index (χ0v) is 11.5. The molecule has 0 aromatic heterocycles. The SMILES string of the molecule is [CH2]c1ccc(O[C@@H]2O[C@H](CO)[C@@H](O)[C@H](O)[C@H]2O)c(OC)c1. The molecule has 21 heavy (non-hydrogen) atoms. The van der Waals surface area contributed by atoms with Gasteiger partial charge in [0.1, 0.15) is 24.4 Å². The minimum Gasteiger partial charge on any atom is -0.493 e. The molecule has 1 aromatic rings. The molecule has 117 valence electrons. The Bertz CT molecular complexity index is 476. The number of methoxy groups -OCH3 is 1. The number of aliphatic hydroxyl groups is 4. The van der Waals surface area contributed by atoms with Crippen molar-refractivity contribution in [2.24, 2.45) is 0 Å². The second-order valence-electron chi connectivity index (χ2n) is 4.80. The molecule has 1 aliphatic heterocycles. The highest BCUT2D eigenvalue weighted by molar-refractivity contribution is 5.43. The number of ether oxygens (including phenoxy) is 3. The lowest BCUT2D eigenvalue weighted by molar-refractivity contribution is -0.277. The van der Waals surface area contributed by atoms with Gasteiger partial charge in [-0.3, -0.25) is 0 Å². The summed E-state index contributed by atoms with van der Waals surface area (Å²) in [6.07, 6.45) is -6.64. The van der Waals surface area contributed by atoms with E-state index in [0.717, 1.165) is 0 Å². The Kier molecular flexibility index (Phi) is 5.02. The first-order chi connectivity index (χ1) is 9.97. The highest BCUT2D eigenvalue weighted by Gasteiger charge is 2.44. The summed E-state index contributed by atoms with van der Waals surface area (Å²) in [4.78, 5) is 0. The van der Waals surface area contributed by atoms with Crippen LogP contribution in [0.15, 0.2) is 18.2 Å². The van der Waals surface area contributed by atoms with E-state index in [9.17, 15) is 15.3 Å². The van der Waals surface area contributed by atoms with Gasteiger partial charge in [-0.2, -0.15) is 0 Å². The molecule has 0 unspecified atom stereocenters. The summed E-state index contributed by atoms with van der Waals surface area (Å²) >= 11 is 0. The molecule has 1 radical (unpaired) electrons. The van der Waals surface area contributed by atoms with E-state index in [0.29, 0.717) is 11.3 Å². The van der Waals surface area contributed by atoms with Crippen molar-refractivity contribution < 1.29 is 34.6 Å². The standard InChI is InChI=1S/C14H19O7/c1-7-3-4-8(9(5-7)19-2)20-14-13(18)12(17)11(16)10(6-15)21-14/h3-5,10-18H,1,6H2,2H3/t10-,11-,12+,13-,14-/m1/s1. The van der Waals surface area contributed by atoms with Gasteiger partial charge in [0.25, 0.3) is 0 Å². The topological polar surface area (TPSA) is 109 Å². The Morgan fingerprint density at radius 3 is 2.48 bits per heavy atom. The maximum atomic E-state index is 9.91. The molecule has 0 saturated carbocycles. The molecule has 2 rings (SSSR count). The largest absolute Gasteiger partial charge is 0.493 e. The van der Waals surface area contributed by atoms with Crippen molar-refractivity contribution in [1.29, 1.82) is 0 Å². The Morgan fingerprint density at radius 2 is 1.86 bits per heavy atom. The quantitative estimate of drug-likeness (QED) is 0.568. The van der Waals surface area contributed by atoms with Crippen LogP contribution in [0.3, 0.4) is 0 Å². The first kappa shape index (κ1) is 16.0. The maximum Gasteiger partial charge on any atom is 0.229 e. The van der Waals surface area contributed by atoms with Gasteiger partial charge in [0.05, 0.1) is 13.7 Å². The van der Waals surface area contributed by atoms with E-state index in [-0.39, 0.29) is 5.75 Å². The van der Waals surface area contributed by atoms with Crippen molar-refractivity contribution in [3.05, 3.63) is 30.7 Å². The van der Waals surface area contributed by atoms with Crippen molar-refractivity contribution in [2.45, 2.75) is 30.7 Å². The van der Waals surface area contributed by atoms with Crippen molar-refractivity contribution in [3.63, 3.8) is 0 Å². The molecule has 0 bridgehead atoms. The highest BCUT2D eigenvalue weighted by atomic mass is 16.7. The van der Waals surface area contributed by atoms with Crippen LogP contribution in [0.25, 0.3) is 0 Å². The van der Waals surface area contributed by atoms with Gasteiger partial charge >= 0.3 is 0 Å². The molecule has 0 aliphatic carbocycles. The van der Waals surface area contributed by atoms with Gasteiger partial charge in [-0.1, -0.05) is 6.07 Å². The first-order valence-electron chi connectivity index (χ1n) is 6.45. The van der Waals surface area contributed by atoms with Crippen molar-refractivity contribution >= 4 is 0 Å². The van der Waals surface area contributed by atoms with E-state index in [1.807, 2.05) is 0 Å². The fraction of sp³-hybridized carbons (Fsp3) is 0.500. The summed E-state index contributed by atoms with van der Waals surface area (Å²) in [7, 11) is 1.45. The molecule has 1 fully saturated rings. The lowest BCUT2D eigenvalue weighted by Crippen LogP contribution is -2.60. The average molecular weight is 299 g/mol. The first-order valence-corrected chi connectivity index (χ1v) is 6.45. The van der Waals surface area contributed by atoms with Gasteiger partial charge < -0.3 is 34.6 Å². The molecular weight excluding hydrogens is 280 g/mol. The molecule has 7 nitrogen and oxygen atoms in total. The number of rotatable bonds is 4. The van der Waals surface area contributed by atoms with E-state index in [2.05, 4.69) is 6.92 Å². The molecule has 0 spiro atoms. The van der Waals surface area contributed by atoms with Gasteiger partial charge in [-0.05, 0) is 24.6 Å². The predicted octanol–water partition coefficient (Wildman–Crippen LogP) is -0.944. The fourth-order valence-corrected chi connectivity index (χ4v) is 2.10. The molecular formula is C14H19O7. The Morgan fingerprint density at radius 1 is 1.14 bits per heavy atom. The van der Waals surface area contributed by atoms with Gasteiger partial charge in [0, 0.05) is 0 Å². The second-order valence-corrected chi connectivity index (χ2v) is 4.80. The summed E-state index contributed by atoms with van der Waals surface area (Å²) in [5.41, 5.74) is 0.716. The molecule has 0 amide bonds. The highest BCUT2D eigenvalue weighted by Crippen LogP contribution is 2.31. The Hall–Kier alpha value is -1.38. The van der Waals surface area contributed by atoms with Crippen LogP contribution in [0.2, 0.25) is 0 Å². The molecule has 7 heteroatoms. The van der Waals surface area contributed by atoms with E-state index in [1.54, 1.807) is 18.2 Å². The maximum absolute atomic E-state index is 9.91. The lowest BCUT2D eigenvalue weighted by atomic mass is 9.99.